The van der Waals surface area contributed by atoms with Crippen molar-refractivity contribution in [3.63, 3.8) is 0 Å². The SMILES string of the molecule is O=C(Nc1ccc([N+](=O)[O-])cc1Cl)c1cc(Cl)ccc1OI. The van der Waals surface area contributed by atoms with Gasteiger partial charge in [-0.25, -0.2) is 0 Å². The number of carbonyl (C=O) groups is 1. The second-order valence-corrected chi connectivity index (χ2v) is 5.38. The van der Waals surface area contributed by atoms with E-state index in [9.17, 15) is 14.9 Å². The van der Waals surface area contributed by atoms with Crippen LogP contribution in [-0.4, -0.2) is 10.8 Å². The molecule has 0 fully saturated rings. The smallest absolute Gasteiger partial charge is 0.271 e. The zero-order valence-corrected chi connectivity index (χ0v) is 14.3. The summed E-state index contributed by atoms with van der Waals surface area (Å²) < 4.78 is 5.07. The van der Waals surface area contributed by atoms with Crippen molar-refractivity contribution in [3.05, 3.63) is 62.1 Å². The number of nitro benzene ring substituents is 1. The van der Waals surface area contributed by atoms with Crippen LogP contribution in [0.1, 0.15) is 10.4 Å². The van der Waals surface area contributed by atoms with Gasteiger partial charge in [-0.3, -0.25) is 14.9 Å². The van der Waals surface area contributed by atoms with E-state index in [2.05, 4.69) is 5.32 Å². The molecule has 0 unspecified atom stereocenters. The Morgan fingerprint density at radius 2 is 1.95 bits per heavy atom. The van der Waals surface area contributed by atoms with Crippen LogP contribution in [0.5, 0.6) is 5.75 Å². The first-order valence-electron chi connectivity index (χ1n) is 5.76. The second kappa shape index (κ2) is 7.12. The van der Waals surface area contributed by atoms with Crippen LogP contribution in [0.25, 0.3) is 0 Å². The number of hydrogen-bond donors (Lipinski definition) is 1. The minimum atomic E-state index is -0.573. The Hall–Kier alpha value is -1.58. The van der Waals surface area contributed by atoms with Gasteiger partial charge in [-0.05, 0) is 24.3 Å². The summed E-state index contributed by atoms with van der Waals surface area (Å²) in [4.78, 5) is 22.4. The summed E-state index contributed by atoms with van der Waals surface area (Å²) in [6.07, 6.45) is 0. The highest BCUT2D eigenvalue weighted by Gasteiger charge is 2.16. The van der Waals surface area contributed by atoms with Crippen LogP contribution in [0.15, 0.2) is 36.4 Å². The molecule has 0 aliphatic heterocycles. The third kappa shape index (κ3) is 3.79. The molecule has 0 heterocycles. The molecule has 0 aliphatic rings. The van der Waals surface area contributed by atoms with Crippen LogP contribution in [0.2, 0.25) is 10.0 Å². The largest absolute Gasteiger partial charge is 0.427 e. The number of halogens is 3. The Bertz CT molecular complexity index is 755. The van der Waals surface area contributed by atoms with Gasteiger partial charge >= 0.3 is 0 Å². The molecule has 0 saturated heterocycles. The maximum atomic E-state index is 12.3. The topological polar surface area (TPSA) is 81.5 Å². The lowest BCUT2D eigenvalue weighted by Gasteiger charge is -2.10. The first-order valence-corrected chi connectivity index (χ1v) is 7.39. The Balaban J connectivity index is 2.29. The van der Waals surface area contributed by atoms with E-state index < -0.39 is 10.8 Å². The van der Waals surface area contributed by atoms with Crippen molar-refractivity contribution in [2.45, 2.75) is 0 Å². The number of nitrogens with zero attached hydrogens (tertiary/aromatic N) is 1. The number of nitrogens with one attached hydrogen (secondary N) is 1. The van der Waals surface area contributed by atoms with Crippen molar-refractivity contribution in [1.29, 1.82) is 0 Å². The molecule has 0 aliphatic carbocycles. The molecular weight excluding hydrogens is 446 g/mol. The highest BCUT2D eigenvalue weighted by Crippen LogP contribution is 2.29. The standard InChI is InChI=1S/C13H7Cl2IN2O4/c14-7-1-4-12(22-16)9(5-7)13(19)17-11-3-2-8(18(20)21)6-10(11)15/h1-6H,(H,17,19). The van der Waals surface area contributed by atoms with Crippen molar-refractivity contribution in [2.24, 2.45) is 0 Å². The summed E-state index contributed by atoms with van der Waals surface area (Å²) in [5.41, 5.74) is 0.301. The average molecular weight is 453 g/mol. The number of rotatable bonds is 4. The molecule has 22 heavy (non-hydrogen) atoms. The van der Waals surface area contributed by atoms with Crippen molar-refractivity contribution in [1.82, 2.24) is 0 Å². The fourth-order valence-electron chi connectivity index (χ4n) is 1.66. The Labute approximate surface area is 149 Å². The van der Waals surface area contributed by atoms with E-state index in [1.54, 1.807) is 35.1 Å². The van der Waals surface area contributed by atoms with E-state index in [0.29, 0.717) is 10.8 Å². The van der Waals surface area contributed by atoms with E-state index in [-0.39, 0.29) is 22.0 Å². The van der Waals surface area contributed by atoms with Gasteiger partial charge in [0.2, 0.25) is 0 Å². The number of benzene rings is 2. The van der Waals surface area contributed by atoms with E-state index in [4.69, 9.17) is 26.3 Å². The van der Waals surface area contributed by atoms with Gasteiger partial charge in [-0.15, -0.1) is 0 Å². The predicted octanol–water partition coefficient (Wildman–Crippen LogP) is 4.88. The lowest BCUT2D eigenvalue weighted by atomic mass is 10.2. The zero-order valence-electron chi connectivity index (χ0n) is 10.7. The van der Waals surface area contributed by atoms with Gasteiger partial charge in [-0.1, -0.05) is 23.2 Å². The van der Waals surface area contributed by atoms with Crippen molar-refractivity contribution in [2.75, 3.05) is 5.32 Å². The third-order valence-electron chi connectivity index (χ3n) is 2.68. The fourth-order valence-corrected chi connectivity index (χ4v) is 2.43. The first kappa shape index (κ1) is 16.8. The van der Waals surface area contributed by atoms with Gasteiger partial charge in [0.25, 0.3) is 11.6 Å². The van der Waals surface area contributed by atoms with E-state index in [0.717, 1.165) is 6.07 Å². The van der Waals surface area contributed by atoms with Crippen LogP contribution >= 0.6 is 46.2 Å². The third-order valence-corrected chi connectivity index (χ3v) is 3.70. The summed E-state index contributed by atoms with van der Waals surface area (Å²) in [6, 6.07) is 8.35. The van der Waals surface area contributed by atoms with Crippen molar-refractivity contribution >= 4 is 63.5 Å². The normalized spacial score (nSPS) is 10.1. The minimum Gasteiger partial charge on any atom is -0.427 e. The van der Waals surface area contributed by atoms with Gasteiger partial charge in [0.1, 0.15) is 5.75 Å². The maximum absolute atomic E-state index is 12.3. The Morgan fingerprint density at radius 3 is 2.55 bits per heavy atom. The second-order valence-electron chi connectivity index (χ2n) is 4.09. The van der Waals surface area contributed by atoms with Gasteiger partial charge in [0.05, 0.1) is 21.2 Å². The Morgan fingerprint density at radius 1 is 1.23 bits per heavy atom. The molecule has 0 radical (unpaired) electrons. The van der Waals surface area contributed by atoms with E-state index in [1.807, 2.05) is 0 Å². The quantitative estimate of drug-likeness (QED) is 0.407. The number of nitro groups is 1. The summed E-state index contributed by atoms with van der Waals surface area (Å²) in [5.74, 6) is -0.162. The van der Waals surface area contributed by atoms with E-state index >= 15 is 0 Å². The lowest BCUT2D eigenvalue weighted by Crippen LogP contribution is -2.13. The molecule has 0 spiro atoms. The highest BCUT2D eigenvalue weighted by molar-refractivity contribution is 14.1. The first-order chi connectivity index (χ1) is 10.4. The number of non-ortho nitro benzene ring substituents is 1. The minimum absolute atomic E-state index is 0.0570. The summed E-state index contributed by atoms with van der Waals surface area (Å²) >= 11 is 13.4. The molecule has 0 aromatic heterocycles. The molecule has 1 N–H and O–H groups in total. The predicted molar refractivity (Wildman–Crippen MR) is 92.2 cm³/mol. The number of carbonyl (C=O) groups excluding carboxylic acids is 1. The number of hydrogen-bond acceptors (Lipinski definition) is 4. The molecule has 2 aromatic carbocycles. The van der Waals surface area contributed by atoms with Crippen molar-refractivity contribution in [3.8, 4) is 5.75 Å². The average Bonchev–Trinajstić information content (AvgIpc) is 2.48. The van der Waals surface area contributed by atoms with Crippen LogP contribution in [0.3, 0.4) is 0 Å². The molecule has 2 rings (SSSR count). The Kier molecular flexibility index (Phi) is 5.43. The van der Waals surface area contributed by atoms with Gasteiger partial charge in [-0.2, -0.15) is 0 Å². The number of amides is 1. The number of anilines is 1. The highest BCUT2D eigenvalue weighted by atomic mass is 127. The van der Waals surface area contributed by atoms with Crippen LogP contribution in [-0.2, 0) is 0 Å². The maximum Gasteiger partial charge on any atom is 0.271 e. The molecule has 1 amide bonds. The lowest BCUT2D eigenvalue weighted by molar-refractivity contribution is -0.384. The van der Waals surface area contributed by atoms with Crippen LogP contribution in [0, 0.1) is 10.1 Å². The summed E-state index contributed by atoms with van der Waals surface area (Å²) in [5, 5.41) is 13.6. The van der Waals surface area contributed by atoms with Gasteiger partial charge in [0.15, 0.2) is 23.0 Å². The molecule has 2 aromatic rings. The zero-order chi connectivity index (χ0) is 16.3. The molecule has 9 heteroatoms. The van der Waals surface area contributed by atoms with E-state index in [1.165, 1.54) is 18.2 Å². The molecular formula is C13H7Cl2IN2O4. The van der Waals surface area contributed by atoms with Crippen LogP contribution in [0.4, 0.5) is 11.4 Å². The molecule has 114 valence electrons. The van der Waals surface area contributed by atoms with Crippen LogP contribution < -0.4 is 8.38 Å². The van der Waals surface area contributed by atoms with Crippen molar-refractivity contribution < 1.29 is 12.8 Å². The summed E-state index contributed by atoms with van der Waals surface area (Å²) in [7, 11) is 0. The fraction of sp³-hybridized carbons (Fsp3) is 0. The van der Waals surface area contributed by atoms with Gasteiger partial charge < -0.3 is 8.38 Å². The molecule has 0 atom stereocenters. The summed E-state index contributed by atoms with van der Waals surface area (Å²) in [6.45, 7) is 0. The molecule has 6 nitrogen and oxygen atoms in total. The molecule has 0 saturated carbocycles. The monoisotopic (exact) mass is 452 g/mol. The molecule has 0 bridgehead atoms. The van der Waals surface area contributed by atoms with Gasteiger partial charge in [0, 0.05) is 17.2 Å².